The molecule has 0 aliphatic carbocycles. The summed E-state index contributed by atoms with van der Waals surface area (Å²) >= 11 is 0. The highest BCUT2D eigenvalue weighted by molar-refractivity contribution is 5.96. The van der Waals surface area contributed by atoms with Gasteiger partial charge in [-0.2, -0.15) is 0 Å². The van der Waals surface area contributed by atoms with Crippen LogP contribution in [0.5, 0.6) is 17.2 Å². The van der Waals surface area contributed by atoms with Crippen LogP contribution in [0, 0.1) is 0 Å². The number of amides is 1. The van der Waals surface area contributed by atoms with Gasteiger partial charge in [0.2, 0.25) is 5.75 Å². The van der Waals surface area contributed by atoms with Crippen molar-refractivity contribution in [1.82, 2.24) is 0 Å². The highest BCUT2D eigenvalue weighted by Crippen LogP contribution is 2.38. The molecule has 2 aromatic rings. The molecular formula is C20H23NO6. The lowest BCUT2D eigenvalue weighted by atomic mass is 10.1. The molecule has 27 heavy (non-hydrogen) atoms. The molecule has 0 heterocycles. The third-order valence-electron chi connectivity index (χ3n) is 3.91. The quantitative estimate of drug-likeness (QED) is 0.716. The third-order valence-corrected chi connectivity index (χ3v) is 3.91. The molecule has 0 aliphatic heterocycles. The van der Waals surface area contributed by atoms with E-state index in [-0.39, 0.29) is 5.56 Å². The number of hydrogen-bond acceptors (Lipinski definition) is 6. The molecule has 0 atom stereocenters. The number of anilines is 1. The van der Waals surface area contributed by atoms with Crippen LogP contribution < -0.4 is 19.5 Å². The molecule has 0 radical (unpaired) electrons. The monoisotopic (exact) mass is 373 g/mol. The fourth-order valence-electron chi connectivity index (χ4n) is 2.55. The van der Waals surface area contributed by atoms with Gasteiger partial charge in [0.15, 0.2) is 18.1 Å². The van der Waals surface area contributed by atoms with Gasteiger partial charge in [-0.3, -0.25) is 4.79 Å². The maximum atomic E-state index is 12.3. The molecule has 0 aromatic heterocycles. The molecular weight excluding hydrogens is 350 g/mol. The zero-order valence-electron chi connectivity index (χ0n) is 15.8. The summed E-state index contributed by atoms with van der Waals surface area (Å²) in [6.45, 7) is 1.59. The first-order valence-corrected chi connectivity index (χ1v) is 8.38. The van der Waals surface area contributed by atoms with Crippen LogP contribution in [0.15, 0.2) is 36.4 Å². The predicted octanol–water partition coefficient (Wildman–Crippen LogP) is 3.07. The molecule has 2 rings (SSSR count). The molecule has 0 aliphatic rings. The summed E-state index contributed by atoms with van der Waals surface area (Å²) in [5.41, 5.74) is 1.89. The van der Waals surface area contributed by atoms with E-state index in [1.165, 1.54) is 33.5 Å². The van der Waals surface area contributed by atoms with E-state index in [0.29, 0.717) is 22.9 Å². The Balaban J connectivity index is 2.06. The van der Waals surface area contributed by atoms with Crippen molar-refractivity contribution in [2.24, 2.45) is 0 Å². The molecule has 144 valence electrons. The minimum Gasteiger partial charge on any atom is -0.493 e. The van der Waals surface area contributed by atoms with Crippen molar-refractivity contribution in [1.29, 1.82) is 0 Å². The van der Waals surface area contributed by atoms with Crippen molar-refractivity contribution in [3.05, 3.63) is 47.5 Å². The summed E-state index contributed by atoms with van der Waals surface area (Å²) in [4.78, 5) is 24.4. The zero-order valence-corrected chi connectivity index (χ0v) is 15.8. The molecule has 0 saturated heterocycles. The average Bonchev–Trinajstić information content (AvgIpc) is 2.71. The third kappa shape index (κ3) is 4.91. The highest BCUT2D eigenvalue weighted by atomic mass is 16.5. The molecule has 1 N–H and O–H groups in total. The van der Waals surface area contributed by atoms with Crippen molar-refractivity contribution >= 4 is 17.6 Å². The molecule has 0 saturated carbocycles. The molecule has 7 nitrogen and oxygen atoms in total. The number of carbonyl (C=O) groups is 2. The van der Waals surface area contributed by atoms with Gasteiger partial charge in [-0.15, -0.1) is 0 Å². The molecule has 2 aromatic carbocycles. The first-order valence-electron chi connectivity index (χ1n) is 8.38. The Bertz CT molecular complexity index is 793. The van der Waals surface area contributed by atoms with Crippen LogP contribution in [0.3, 0.4) is 0 Å². The van der Waals surface area contributed by atoms with Gasteiger partial charge in [-0.05, 0) is 30.2 Å². The Morgan fingerprint density at radius 3 is 2.15 bits per heavy atom. The zero-order chi connectivity index (χ0) is 19.8. The van der Waals surface area contributed by atoms with Crippen LogP contribution in [0.2, 0.25) is 0 Å². The van der Waals surface area contributed by atoms with Gasteiger partial charge in [0, 0.05) is 5.69 Å². The summed E-state index contributed by atoms with van der Waals surface area (Å²) < 4.78 is 20.7. The van der Waals surface area contributed by atoms with Crippen LogP contribution in [0.4, 0.5) is 5.69 Å². The van der Waals surface area contributed by atoms with Gasteiger partial charge in [0.1, 0.15) is 0 Å². The van der Waals surface area contributed by atoms with Crippen molar-refractivity contribution < 1.29 is 28.5 Å². The Kier molecular flexibility index (Phi) is 7.05. The molecule has 0 fully saturated rings. The Labute approximate surface area is 158 Å². The maximum Gasteiger partial charge on any atom is 0.338 e. The summed E-state index contributed by atoms with van der Waals surface area (Å²) in [5.74, 6) is -0.0782. The largest absolute Gasteiger partial charge is 0.493 e. The smallest absolute Gasteiger partial charge is 0.338 e. The van der Waals surface area contributed by atoms with Crippen molar-refractivity contribution in [3.8, 4) is 17.2 Å². The van der Waals surface area contributed by atoms with Crippen LogP contribution in [0.25, 0.3) is 0 Å². The number of esters is 1. The van der Waals surface area contributed by atoms with E-state index in [2.05, 4.69) is 5.32 Å². The normalized spacial score (nSPS) is 10.1. The molecule has 1 amide bonds. The summed E-state index contributed by atoms with van der Waals surface area (Å²) in [5, 5.41) is 2.75. The number of aryl methyl sites for hydroxylation is 1. The van der Waals surface area contributed by atoms with Gasteiger partial charge in [-0.25, -0.2) is 4.79 Å². The van der Waals surface area contributed by atoms with E-state index >= 15 is 0 Å². The second-order valence-corrected chi connectivity index (χ2v) is 5.55. The minimum absolute atomic E-state index is 0.186. The summed E-state index contributed by atoms with van der Waals surface area (Å²) in [6.07, 6.45) is 0.779. The number of para-hydroxylation sites is 1. The van der Waals surface area contributed by atoms with E-state index in [1.54, 1.807) is 6.07 Å². The summed E-state index contributed by atoms with van der Waals surface area (Å²) in [7, 11) is 4.37. The molecule has 7 heteroatoms. The number of nitrogens with one attached hydrogen (secondary N) is 1. The highest BCUT2D eigenvalue weighted by Gasteiger charge is 2.18. The lowest BCUT2D eigenvalue weighted by molar-refractivity contribution is -0.119. The number of carbonyl (C=O) groups excluding carboxylic acids is 2. The van der Waals surface area contributed by atoms with E-state index < -0.39 is 18.5 Å². The molecule has 0 spiro atoms. The number of methoxy groups -OCH3 is 3. The average molecular weight is 373 g/mol. The van der Waals surface area contributed by atoms with E-state index in [9.17, 15) is 9.59 Å². The lowest BCUT2D eigenvalue weighted by Gasteiger charge is -2.14. The van der Waals surface area contributed by atoms with E-state index in [0.717, 1.165) is 12.0 Å². The number of ether oxygens (including phenoxy) is 4. The van der Waals surface area contributed by atoms with Crippen molar-refractivity contribution in [2.45, 2.75) is 13.3 Å². The second-order valence-electron chi connectivity index (χ2n) is 5.55. The first-order chi connectivity index (χ1) is 13.0. The number of benzene rings is 2. The Morgan fingerprint density at radius 2 is 1.59 bits per heavy atom. The fourth-order valence-corrected chi connectivity index (χ4v) is 2.55. The van der Waals surface area contributed by atoms with Gasteiger partial charge in [-0.1, -0.05) is 25.1 Å². The number of hydrogen-bond donors (Lipinski definition) is 1. The predicted molar refractivity (Wildman–Crippen MR) is 101 cm³/mol. The Morgan fingerprint density at radius 1 is 0.963 bits per heavy atom. The SMILES string of the molecule is CCc1ccccc1NC(=O)COC(=O)c1cc(OC)c(OC)c(OC)c1. The van der Waals surface area contributed by atoms with Gasteiger partial charge < -0.3 is 24.3 Å². The van der Waals surface area contributed by atoms with E-state index in [1.807, 2.05) is 25.1 Å². The fraction of sp³-hybridized carbons (Fsp3) is 0.300. The van der Waals surface area contributed by atoms with Crippen LogP contribution in [-0.2, 0) is 16.0 Å². The van der Waals surface area contributed by atoms with Gasteiger partial charge in [0.25, 0.3) is 5.91 Å². The second kappa shape index (κ2) is 9.47. The lowest BCUT2D eigenvalue weighted by Crippen LogP contribution is -2.21. The van der Waals surface area contributed by atoms with Crippen molar-refractivity contribution in [3.63, 3.8) is 0 Å². The maximum absolute atomic E-state index is 12.3. The summed E-state index contributed by atoms with van der Waals surface area (Å²) in [6, 6.07) is 10.4. The van der Waals surface area contributed by atoms with Crippen LogP contribution in [0.1, 0.15) is 22.8 Å². The van der Waals surface area contributed by atoms with Crippen molar-refractivity contribution in [2.75, 3.05) is 33.3 Å². The standard InChI is InChI=1S/C20H23NO6/c1-5-13-8-6-7-9-15(13)21-18(22)12-27-20(23)14-10-16(24-2)19(26-4)17(11-14)25-3/h6-11H,5,12H2,1-4H3,(H,21,22). The van der Waals surface area contributed by atoms with E-state index in [4.69, 9.17) is 18.9 Å². The van der Waals surface area contributed by atoms with Gasteiger partial charge >= 0.3 is 5.97 Å². The topological polar surface area (TPSA) is 83.1 Å². The van der Waals surface area contributed by atoms with Crippen LogP contribution in [-0.4, -0.2) is 39.8 Å². The number of rotatable bonds is 8. The molecule has 0 bridgehead atoms. The molecule has 0 unspecified atom stereocenters. The van der Waals surface area contributed by atoms with Gasteiger partial charge in [0.05, 0.1) is 26.9 Å². The first kappa shape index (κ1) is 20.1. The minimum atomic E-state index is -0.673. The Hall–Kier alpha value is -3.22. The van der Waals surface area contributed by atoms with Crippen LogP contribution >= 0.6 is 0 Å².